The van der Waals surface area contributed by atoms with E-state index >= 15 is 0 Å². The third-order valence-electron chi connectivity index (χ3n) is 4.36. The highest BCUT2D eigenvalue weighted by Crippen LogP contribution is 2.44. The maximum atomic E-state index is 3.66. The van der Waals surface area contributed by atoms with E-state index in [0.717, 1.165) is 19.6 Å². The molecule has 1 aromatic rings. The molecule has 0 atom stereocenters. The van der Waals surface area contributed by atoms with Gasteiger partial charge < -0.3 is 10.6 Å². The summed E-state index contributed by atoms with van der Waals surface area (Å²) in [4.78, 5) is 0. The van der Waals surface area contributed by atoms with E-state index in [1.165, 1.54) is 29.5 Å². The maximum Gasteiger partial charge on any atom is 0.0208 e. The molecule has 0 spiro atoms. The van der Waals surface area contributed by atoms with Gasteiger partial charge in [-0.05, 0) is 54.8 Å². The minimum Gasteiger partial charge on any atom is -0.319 e. The summed E-state index contributed by atoms with van der Waals surface area (Å²) < 4.78 is 0. The topological polar surface area (TPSA) is 24.1 Å². The van der Waals surface area contributed by atoms with Crippen molar-refractivity contribution in [1.29, 1.82) is 0 Å². The molecule has 2 heteroatoms. The molecule has 0 amide bonds. The Kier molecular flexibility index (Phi) is 4.64. The molecule has 106 valence electrons. The highest BCUT2D eigenvalue weighted by atomic mass is 14.9. The van der Waals surface area contributed by atoms with Gasteiger partial charge in [0, 0.05) is 19.6 Å². The summed E-state index contributed by atoms with van der Waals surface area (Å²) in [6, 6.07) is 6.88. The van der Waals surface area contributed by atoms with Crippen molar-refractivity contribution in [2.75, 3.05) is 20.1 Å². The molecule has 2 N–H and O–H groups in total. The third-order valence-corrected chi connectivity index (χ3v) is 4.36. The number of aryl methyl sites for hydroxylation is 1. The Balaban J connectivity index is 1.90. The second-order valence-electron chi connectivity index (χ2n) is 6.47. The van der Waals surface area contributed by atoms with Crippen molar-refractivity contribution in [3.05, 3.63) is 34.9 Å². The van der Waals surface area contributed by atoms with Gasteiger partial charge in [0.15, 0.2) is 0 Å². The average Bonchev–Trinajstić information content (AvgIpc) is 3.12. The number of rotatable bonds is 7. The van der Waals surface area contributed by atoms with Crippen molar-refractivity contribution in [3.63, 3.8) is 0 Å². The van der Waals surface area contributed by atoms with Crippen LogP contribution in [-0.2, 0) is 6.54 Å². The van der Waals surface area contributed by atoms with Gasteiger partial charge in [-0.3, -0.25) is 0 Å². The van der Waals surface area contributed by atoms with E-state index in [4.69, 9.17) is 0 Å². The van der Waals surface area contributed by atoms with E-state index in [9.17, 15) is 0 Å². The highest BCUT2D eigenvalue weighted by Gasteiger charge is 2.41. The molecule has 0 aliphatic heterocycles. The largest absolute Gasteiger partial charge is 0.319 e. The minimum atomic E-state index is 0.540. The molecule has 2 rings (SSSR count). The molecule has 0 bridgehead atoms. The lowest BCUT2D eigenvalue weighted by Crippen LogP contribution is -2.31. The van der Waals surface area contributed by atoms with Gasteiger partial charge in [-0.25, -0.2) is 0 Å². The first-order chi connectivity index (χ1) is 9.06. The van der Waals surface area contributed by atoms with Crippen LogP contribution in [0.2, 0.25) is 0 Å². The van der Waals surface area contributed by atoms with Crippen molar-refractivity contribution >= 4 is 0 Å². The molecule has 19 heavy (non-hydrogen) atoms. The lowest BCUT2D eigenvalue weighted by Gasteiger charge is -2.17. The third kappa shape index (κ3) is 3.80. The van der Waals surface area contributed by atoms with Crippen LogP contribution in [0, 0.1) is 12.3 Å². The number of hydrogen-bond acceptors (Lipinski definition) is 2. The average molecular weight is 260 g/mol. The summed E-state index contributed by atoms with van der Waals surface area (Å²) in [5.41, 5.74) is 4.83. The summed E-state index contributed by atoms with van der Waals surface area (Å²) in [7, 11) is 2.05. The Bertz CT molecular complexity index is 419. The first-order valence-electron chi connectivity index (χ1n) is 7.51. The van der Waals surface area contributed by atoms with Gasteiger partial charge >= 0.3 is 0 Å². The number of nitrogens with one attached hydrogen (secondary N) is 2. The van der Waals surface area contributed by atoms with Gasteiger partial charge in [0.2, 0.25) is 0 Å². The summed E-state index contributed by atoms with van der Waals surface area (Å²) >= 11 is 0. The van der Waals surface area contributed by atoms with E-state index in [2.05, 4.69) is 56.7 Å². The summed E-state index contributed by atoms with van der Waals surface area (Å²) in [5, 5.41) is 6.97. The highest BCUT2D eigenvalue weighted by molar-refractivity contribution is 5.32. The van der Waals surface area contributed by atoms with Crippen LogP contribution >= 0.6 is 0 Å². The van der Waals surface area contributed by atoms with Crippen molar-refractivity contribution in [1.82, 2.24) is 10.6 Å². The zero-order chi connectivity index (χ0) is 13.9. The molecule has 0 radical (unpaired) electrons. The summed E-state index contributed by atoms with van der Waals surface area (Å²) in [6.07, 6.45) is 2.73. The standard InChI is InChI=1S/C17H28N2/c1-13(2)15-6-5-14(3)16(9-15)10-19-12-17(7-8-17)11-18-4/h5-6,9,13,18-19H,7-8,10-12H2,1-4H3. The van der Waals surface area contributed by atoms with Crippen LogP contribution in [0.25, 0.3) is 0 Å². The Morgan fingerprint density at radius 2 is 1.95 bits per heavy atom. The van der Waals surface area contributed by atoms with E-state index in [1.54, 1.807) is 0 Å². The molecule has 0 unspecified atom stereocenters. The Morgan fingerprint density at radius 1 is 1.21 bits per heavy atom. The molecule has 1 aliphatic rings. The van der Waals surface area contributed by atoms with Gasteiger partial charge in [0.1, 0.15) is 0 Å². The second kappa shape index (κ2) is 6.06. The van der Waals surface area contributed by atoms with E-state index in [1.807, 2.05) is 0 Å². The fraction of sp³-hybridized carbons (Fsp3) is 0.647. The van der Waals surface area contributed by atoms with Crippen LogP contribution in [0.3, 0.4) is 0 Å². The van der Waals surface area contributed by atoms with Crippen LogP contribution in [0.1, 0.15) is 49.3 Å². The van der Waals surface area contributed by atoms with Crippen molar-refractivity contribution in [2.24, 2.45) is 5.41 Å². The molecule has 1 saturated carbocycles. The van der Waals surface area contributed by atoms with Crippen LogP contribution in [0.15, 0.2) is 18.2 Å². The molecule has 1 aromatic carbocycles. The molecule has 1 aliphatic carbocycles. The predicted molar refractivity (Wildman–Crippen MR) is 82.6 cm³/mol. The van der Waals surface area contributed by atoms with Crippen molar-refractivity contribution in [3.8, 4) is 0 Å². The normalized spacial score (nSPS) is 16.9. The van der Waals surface area contributed by atoms with E-state index in [-0.39, 0.29) is 0 Å². The minimum absolute atomic E-state index is 0.540. The maximum absolute atomic E-state index is 3.66. The van der Waals surface area contributed by atoms with Gasteiger partial charge in [0.25, 0.3) is 0 Å². The SMILES string of the molecule is CNCC1(CNCc2cc(C(C)C)ccc2C)CC1. The van der Waals surface area contributed by atoms with Crippen molar-refractivity contribution in [2.45, 2.75) is 46.1 Å². The van der Waals surface area contributed by atoms with E-state index in [0.29, 0.717) is 11.3 Å². The van der Waals surface area contributed by atoms with Gasteiger partial charge in [0.05, 0.1) is 0 Å². The molecule has 2 nitrogen and oxygen atoms in total. The van der Waals surface area contributed by atoms with Crippen LogP contribution in [0.4, 0.5) is 0 Å². The lowest BCUT2D eigenvalue weighted by atomic mass is 9.97. The van der Waals surface area contributed by atoms with Gasteiger partial charge in [-0.15, -0.1) is 0 Å². The summed E-state index contributed by atoms with van der Waals surface area (Å²) in [5.74, 6) is 0.610. The number of hydrogen-bond donors (Lipinski definition) is 2. The fourth-order valence-corrected chi connectivity index (χ4v) is 2.67. The Morgan fingerprint density at radius 3 is 2.53 bits per heavy atom. The zero-order valence-corrected chi connectivity index (χ0v) is 12.8. The molecular weight excluding hydrogens is 232 g/mol. The van der Waals surface area contributed by atoms with Gasteiger partial charge in [-0.1, -0.05) is 32.0 Å². The lowest BCUT2D eigenvalue weighted by molar-refractivity contribution is 0.438. The quantitative estimate of drug-likeness (QED) is 0.786. The smallest absolute Gasteiger partial charge is 0.0208 e. The van der Waals surface area contributed by atoms with E-state index < -0.39 is 0 Å². The molecule has 0 saturated heterocycles. The fourth-order valence-electron chi connectivity index (χ4n) is 2.67. The second-order valence-corrected chi connectivity index (χ2v) is 6.47. The van der Waals surface area contributed by atoms with Crippen LogP contribution < -0.4 is 10.6 Å². The Labute approximate surface area is 118 Å². The first-order valence-corrected chi connectivity index (χ1v) is 7.51. The number of benzene rings is 1. The Hall–Kier alpha value is -0.860. The first kappa shape index (κ1) is 14.5. The van der Waals surface area contributed by atoms with Gasteiger partial charge in [-0.2, -0.15) is 0 Å². The van der Waals surface area contributed by atoms with Crippen LogP contribution in [-0.4, -0.2) is 20.1 Å². The molecule has 0 heterocycles. The zero-order valence-electron chi connectivity index (χ0n) is 12.8. The predicted octanol–water partition coefficient (Wildman–Crippen LogP) is 3.21. The molecular formula is C17H28N2. The van der Waals surface area contributed by atoms with Crippen LogP contribution in [0.5, 0.6) is 0 Å². The van der Waals surface area contributed by atoms with Crippen molar-refractivity contribution < 1.29 is 0 Å². The molecule has 0 aromatic heterocycles. The molecule has 1 fully saturated rings. The summed E-state index contributed by atoms with van der Waals surface area (Å²) in [6.45, 7) is 10.0. The monoisotopic (exact) mass is 260 g/mol.